The van der Waals surface area contributed by atoms with Gasteiger partial charge in [-0.2, -0.15) is 0 Å². The number of rotatable bonds is 2. The van der Waals surface area contributed by atoms with Crippen LogP contribution in [-0.4, -0.2) is 38.6 Å². The molecule has 21 heavy (non-hydrogen) atoms. The minimum absolute atomic E-state index is 0.0713. The lowest BCUT2D eigenvalue weighted by Crippen LogP contribution is -2.43. The number of carbonyl (C=O) groups excluding carboxylic acids is 1. The van der Waals surface area contributed by atoms with Gasteiger partial charge in [0.1, 0.15) is 12.0 Å². The van der Waals surface area contributed by atoms with Crippen LogP contribution in [0.1, 0.15) is 31.5 Å². The van der Waals surface area contributed by atoms with Gasteiger partial charge in [0.15, 0.2) is 0 Å². The lowest BCUT2D eigenvalue weighted by Gasteiger charge is -2.35. The topological polar surface area (TPSA) is 49.4 Å². The third-order valence-corrected chi connectivity index (χ3v) is 5.63. The summed E-state index contributed by atoms with van der Waals surface area (Å²) in [6.45, 7) is 1.85. The van der Waals surface area contributed by atoms with E-state index in [0.29, 0.717) is 11.5 Å². The maximum Gasteiger partial charge on any atom is 0.241 e. The molecule has 6 heteroatoms. The fraction of sp³-hybridized carbons (Fsp3) is 0.533. The molecule has 0 radical (unpaired) electrons. The number of carbonyl (C=O) groups is 1. The Hall–Kier alpha value is -1.27. The highest BCUT2D eigenvalue weighted by Crippen LogP contribution is 2.31. The molecule has 2 aliphatic rings. The zero-order valence-corrected chi connectivity index (χ0v) is 12.7. The van der Waals surface area contributed by atoms with Gasteiger partial charge in [-0.1, -0.05) is 12.1 Å². The minimum Gasteiger partial charge on any atom is -0.319 e. The van der Waals surface area contributed by atoms with Crippen LogP contribution in [-0.2, 0) is 15.6 Å². The Balaban J connectivity index is 1.85. The van der Waals surface area contributed by atoms with Gasteiger partial charge in [-0.15, -0.1) is 0 Å². The standard InChI is InChI=1S/C15H19FN2O2S/c1-10-15(19)18(13-6-8-21(20)9-7-13)14(17-10)11-2-4-12(16)5-3-11/h2-5,10,13-14,17H,6-9H2,1H3. The molecule has 2 atom stereocenters. The van der Waals surface area contributed by atoms with Gasteiger partial charge in [0.05, 0.1) is 6.04 Å². The summed E-state index contributed by atoms with van der Waals surface area (Å²) < 4.78 is 24.6. The Morgan fingerprint density at radius 1 is 1.24 bits per heavy atom. The molecular formula is C15H19FN2O2S. The zero-order chi connectivity index (χ0) is 15.0. The second kappa shape index (κ2) is 5.85. The molecular weight excluding hydrogens is 291 g/mol. The van der Waals surface area contributed by atoms with Gasteiger partial charge >= 0.3 is 0 Å². The van der Waals surface area contributed by atoms with E-state index in [0.717, 1.165) is 18.4 Å². The van der Waals surface area contributed by atoms with Crippen LogP contribution >= 0.6 is 0 Å². The van der Waals surface area contributed by atoms with E-state index in [2.05, 4.69) is 5.32 Å². The predicted molar refractivity (Wildman–Crippen MR) is 79.5 cm³/mol. The lowest BCUT2D eigenvalue weighted by molar-refractivity contribution is -0.132. The van der Waals surface area contributed by atoms with E-state index in [-0.39, 0.29) is 30.0 Å². The minimum atomic E-state index is -0.748. The van der Waals surface area contributed by atoms with Crippen molar-refractivity contribution in [3.05, 3.63) is 35.6 Å². The molecule has 2 saturated heterocycles. The summed E-state index contributed by atoms with van der Waals surface area (Å²) in [5.41, 5.74) is 0.890. The summed E-state index contributed by atoms with van der Waals surface area (Å²) in [7, 11) is -0.748. The van der Waals surface area contributed by atoms with E-state index >= 15 is 0 Å². The Morgan fingerprint density at radius 3 is 2.48 bits per heavy atom. The number of nitrogens with one attached hydrogen (secondary N) is 1. The highest BCUT2D eigenvalue weighted by molar-refractivity contribution is 7.85. The number of nitrogens with zero attached hydrogens (tertiary/aromatic N) is 1. The van der Waals surface area contributed by atoms with Gasteiger partial charge in [-0.3, -0.25) is 14.3 Å². The third-order valence-electron chi connectivity index (χ3n) is 4.25. The first-order chi connectivity index (χ1) is 10.1. The van der Waals surface area contributed by atoms with E-state index in [9.17, 15) is 13.4 Å². The molecule has 1 amide bonds. The second-order valence-electron chi connectivity index (χ2n) is 5.67. The van der Waals surface area contributed by atoms with Crippen LogP contribution in [0.5, 0.6) is 0 Å². The molecule has 2 heterocycles. The van der Waals surface area contributed by atoms with Crippen molar-refractivity contribution in [2.24, 2.45) is 0 Å². The summed E-state index contributed by atoms with van der Waals surface area (Å²) in [6.07, 6.45) is 1.32. The molecule has 0 aromatic heterocycles. The van der Waals surface area contributed by atoms with Gasteiger partial charge in [0.2, 0.25) is 5.91 Å². The number of hydrogen-bond acceptors (Lipinski definition) is 3. The van der Waals surface area contributed by atoms with Crippen LogP contribution in [0.25, 0.3) is 0 Å². The van der Waals surface area contributed by atoms with E-state index in [1.54, 1.807) is 12.1 Å². The molecule has 2 aliphatic heterocycles. The molecule has 0 saturated carbocycles. The van der Waals surface area contributed by atoms with Gasteiger partial charge in [0, 0.05) is 28.3 Å². The first kappa shape index (κ1) is 14.7. The summed E-state index contributed by atoms with van der Waals surface area (Å²) >= 11 is 0. The van der Waals surface area contributed by atoms with Crippen LogP contribution in [0, 0.1) is 5.82 Å². The van der Waals surface area contributed by atoms with Crippen molar-refractivity contribution >= 4 is 16.7 Å². The van der Waals surface area contributed by atoms with Crippen LogP contribution < -0.4 is 5.32 Å². The van der Waals surface area contributed by atoms with Crippen molar-refractivity contribution in [1.82, 2.24) is 10.2 Å². The smallest absolute Gasteiger partial charge is 0.241 e. The van der Waals surface area contributed by atoms with Crippen LogP contribution in [0.4, 0.5) is 4.39 Å². The number of hydrogen-bond donors (Lipinski definition) is 1. The van der Waals surface area contributed by atoms with Gasteiger partial charge in [0.25, 0.3) is 0 Å². The fourth-order valence-electron chi connectivity index (χ4n) is 3.09. The molecule has 0 bridgehead atoms. The van der Waals surface area contributed by atoms with Crippen molar-refractivity contribution in [3.63, 3.8) is 0 Å². The zero-order valence-electron chi connectivity index (χ0n) is 11.9. The third kappa shape index (κ3) is 2.87. The SMILES string of the molecule is CC1NC(c2ccc(F)cc2)N(C2CCS(=O)CC2)C1=O. The van der Waals surface area contributed by atoms with Crippen molar-refractivity contribution < 1.29 is 13.4 Å². The lowest BCUT2D eigenvalue weighted by atomic mass is 10.1. The largest absolute Gasteiger partial charge is 0.319 e. The van der Waals surface area contributed by atoms with Gasteiger partial charge in [-0.25, -0.2) is 4.39 Å². The Labute approximate surface area is 126 Å². The summed E-state index contributed by atoms with van der Waals surface area (Å²) in [5.74, 6) is 1.09. The normalized spacial score (nSPS) is 33.4. The number of halogens is 1. The molecule has 4 nitrogen and oxygen atoms in total. The Bertz CT molecular complexity index is 553. The average molecular weight is 310 g/mol. The molecule has 2 unspecified atom stereocenters. The monoisotopic (exact) mass is 310 g/mol. The van der Waals surface area contributed by atoms with Gasteiger partial charge < -0.3 is 4.90 Å². The first-order valence-electron chi connectivity index (χ1n) is 7.25. The Morgan fingerprint density at radius 2 is 1.86 bits per heavy atom. The van der Waals surface area contributed by atoms with E-state index < -0.39 is 10.8 Å². The number of benzene rings is 1. The quantitative estimate of drug-likeness (QED) is 0.902. The van der Waals surface area contributed by atoms with Crippen molar-refractivity contribution in [1.29, 1.82) is 0 Å². The molecule has 114 valence electrons. The first-order valence-corrected chi connectivity index (χ1v) is 8.74. The average Bonchev–Trinajstić information content (AvgIpc) is 2.77. The van der Waals surface area contributed by atoms with Gasteiger partial charge in [-0.05, 0) is 37.5 Å². The predicted octanol–water partition coefficient (Wildman–Crippen LogP) is 1.56. The van der Waals surface area contributed by atoms with E-state index in [4.69, 9.17) is 0 Å². The molecule has 0 spiro atoms. The highest BCUT2D eigenvalue weighted by Gasteiger charge is 2.41. The van der Waals surface area contributed by atoms with Crippen molar-refractivity contribution in [2.45, 2.75) is 38.0 Å². The molecule has 2 fully saturated rings. The molecule has 1 N–H and O–H groups in total. The molecule has 1 aromatic carbocycles. The maximum atomic E-state index is 13.1. The summed E-state index contributed by atoms with van der Waals surface area (Å²) in [6, 6.07) is 6.13. The van der Waals surface area contributed by atoms with E-state index in [1.807, 2.05) is 11.8 Å². The van der Waals surface area contributed by atoms with Crippen LogP contribution in [0.2, 0.25) is 0 Å². The van der Waals surface area contributed by atoms with Crippen LogP contribution in [0.15, 0.2) is 24.3 Å². The number of amides is 1. The van der Waals surface area contributed by atoms with Crippen LogP contribution in [0.3, 0.4) is 0 Å². The summed E-state index contributed by atoms with van der Waals surface area (Å²) in [5, 5.41) is 3.28. The second-order valence-corrected chi connectivity index (χ2v) is 7.36. The molecule has 0 aliphatic carbocycles. The van der Waals surface area contributed by atoms with Crippen molar-refractivity contribution in [2.75, 3.05) is 11.5 Å². The molecule has 3 rings (SSSR count). The van der Waals surface area contributed by atoms with Crippen molar-refractivity contribution in [3.8, 4) is 0 Å². The van der Waals surface area contributed by atoms with E-state index in [1.165, 1.54) is 12.1 Å². The summed E-state index contributed by atoms with van der Waals surface area (Å²) in [4.78, 5) is 14.3. The fourth-order valence-corrected chi connectivity index (χ4v) is 4.37. The maximum absolute atomic E-state index is 13.1. The Kier molecular flexibility index (Phi) is 4.08. The molecule has 1 aromatic rings. The highest BCUT2D eigenvalue weighted by atomic mass is 32.2.